The summed E-state index contributed by atoms with van der Waals surface area (Å²) in [5.74, 6) is 0.609. The van der Waals surface area contributed by atoms with Crippen molar-refractivity contribution >= 4 is 5.70 Å². The van der Waals surface area contributed by atoms with Gasteiger partial charge in [0, 0.05) is 18.3 Å². The highest BCUT2D eigenvalue weighted by atomic mass is 19.1. The van der Waals surface area contributed by atoms with Crippen LogP contribution in [0.5, 0.6) is 11.5 Å². The zero-order valence-corrected chi connectivity index (χ0v) is 12.2. The van der Waals surface area contributed by atoms with E-state index in [2.05, 4.69) is 11.4 Å². The van der Waals surface area contributed by atoms with Gasteiger partial charge in [0.15, 0.2) is 11.6 Å². The van der Waals surface area contributed by atoms with Gasteiger partial charge < -0.3 is 10.1 Å². The smallest absolute Gasteiger partial charge is 0.165 e. The van der Waals surface area contributed by atoms with Gasteiger partial charge in [-0.05, 0) is 61.2 Å². The first-order valence-corrected chi connectivity index (χ1v) is 7.12. The zero-order chi connectivity index (χ0) is 14.8. The summed E-state index contributed by atoms with van der Waals surface area (Å²) in [7, 11) is 1.92. The minimum absolute atomic E-state index is 0.265. The van der Waals surface area contributed by atoms with Crippen LogP contribution >= 0.6 is 0 Å². The first-order valence-electron chi connectivity index (χ1n) is 7.12. The monoisotopic (exact) mass is 283 g/mol. The number of halogens is 1. The molecule has 1 aliphatic rings. The van der Waals surface area contributed by atoms with Crippen LogP contribution in [0, 0.1) is 12.7 Å². The van der Waals surface area contributed by atoms with Crippen molar-refractivity contribution in [3.05, 3.63) is 65.0 Å². The van der Waals surface area contributed by atoms with Crippen LogP contribution in [0.3, 0.4) is 0 Å². The van der Waals surface area contributed by atoms with E-state index in [1.54, 1.807) is 6.07 Å². The summed E-state index contributed by atoms with van der Waals surface area (Å²) in [6, 6.07) is 10.9. The standard InChI is InChI=1S/C18H18FNO/c1-12-6-9-18(16(19)10-12)21-14-7-8-15-13(11-14)4-3-5-17(15)20-2/h5-11,20H,3-4H2,1-2H3. The molecule has 0 amide bonds. The van der Waals surface area contributed by atoms with E-state index in [0.29, 0.717) is 5.75 Å². The van der Waals surface area contributed by atoms with E-state index >= 15 is 0 Å². The average Bonchev–Trinajstić information content (AvgIpc) is 2.49. The van der Waals surface area contributed by atoms with E-state index in [1.807, 2.05) is 38.2 Å². The molecule has 0 radical (unpaired) electrons. The Bertz CT molecular complexity index is 706. The molecule has 0 unspecified atom stereocenters. The average molecular weight is 283 g/mol. The van der Waals surface area contributed by atoms with Gasteiger partial charge in [-0.15, -0.1) is 0 Å². The molecular weight excluding hydrogens is 265 g/mol. The second-order valence-corrected chi connectivity index (χ2v) is 5.26. The molecule has 0 bridgehead atoms. The molecule has 0 heterocycles. The Morgan fingerprint density at radius 2 is 2.00 bits per heavy atom. The van der Waals surface area contributed by atoms with Gasteiger partial charge in [-0.2, -0.15) is 0 Å². The third kappa shape index (κ3) is 2.77. The van der Waals surface area contributed by atoms with E-state index in [9.17, 15) is 4.39 Å². The first-order chi connectivity index (χ1) is 10.2. The van der Waals surface area contributed by atoms with Gasteiger partial charge in [0.1, 0.15) is 5.75 Å². The summed E-state index contributed by atoms with van der Waals surface area (Å²) >= 11 is 0. The Labute approximate surface area is 124 Å². The lowest BCUT2D eigenvalue weighted by Crippen LogP contribution is -2.10. The molecule has 0 saturated carbocycles. The summed E-state index contributed by atoms with van der Waals surface area (Å²) in [6.45, 7) is 1.86. The molecule has 3 rings (SSSR count). The number of hydrogen-bond acceptors (Lipinski definition) is 2. The lowest BCUT2D eigenvalue weighted by molar-refractivity contribution is 0.441. The molecule has 2 aromatic rings. The molecule has 0 fully saturated rings. The molecule has 0 spiro atoms. The minimum atomic E-state index is -0.330. The zero-order valence-electron chi connectivity index (χ0n) is 12.2. The highest BCUT2D eigenvalue weighted by Crippen LogP contribution is 2.31. The molecule has 0 atom stereocenters. The fourth-order valence-corrected chi connectivity index (χ4v) is 2.64. The molecule has 1 N–H and O–H groups in total. The van der Waals surface area contributed by atoms with Gasteiger partial charge in [-0.25, -0.2) is 4.39 Å². The maximum Gasteiger partial charge on any atom is 0.165 e. The van der Waals surface area contributed by atoms with Crippen LogP contribution in [0.15, 0.2) is 42.5 Å². The van der Waals surface area contributed by atoms with Crippen molar-refractivity contribution < 1.29 is 9.13 Å². The number of rotatable bonds is 3. The maximum absolute atomic E-state index is 13.8. The van der Waals surface area contributed by atoms with Crippen molar-refractivity contribution in [1.29, 1.82) is 0 Å². The third-order valence-electron chi connectivity index (χ3n) is 3.71. The number of allylic oxidation sites excluding steroid dienone is 1. The summed E-state index contributed by atoms with van der Waals surface area (Å²) < 4.78 is 19.5. The van der Waals surface area contributed by atoms with Crippen LogP contribution in [0.1, 0.15) is 23.1 Å². The van der Waals surface area contributed by atoms with Gasteiger partial charge in [0.2, 0.25) is 0 Å². The van der Waals surface area contributed by atoms with Crippen LogP contribution < -0.4 is 10.1 Å². The number of aryl methyl sites for hydroxylation is 2. The molecule has 0 aromatic heterocycles. The van der Waals surface area contributed by atoms with E-state index < -0.39 is 0 Å². The van der Waals surface area contributed by atoms with Crippen LogP contribution in [0.4, 0.5) is 4.39 Å². The Morgan fingerprint density at radius 1 is 1.14 bits per heavy atom. The van der Waals surface area contributed by atoms with Crippen LogP contribution in [0.2, 0.25) is 0 Å². The topological polar surface area (TPSA) is 21.3 Å². The number of hydrogen-bond donors (Lipinski definition) is 1. The van der Waals surface area contributed by atoms with Crippen molar-refractivity contribution in [2.24, 2.45) is 0 Å². The fourth-order valence-electron chi connectivity index (χ4n) is 2.64. The quantitative estimate of drug-likeness (QED) is 0.899. The number of fused-ring (bicyclic) bond motifs is 1. The molecule has 3 heteroatoms. The predicted molar refractivity (Wildman–Crippen MR) is 83.0 cm³/mol. The van der Waals surface area contributed by atoms with E-state index in [1.165, 1.54) is 17.2 Å². The lowest BCUT2D eigenvalue weighted by atomic mass is 9.94. The molecule has 1 aliphatic carbocycles. The Kier molecular flexibility index (Phi) is 3.65. The molecule has 0 saturated heterocycles. The van der Waals surface area contributed by atoms with E-state index in [0.717, 1.165) is 24.1 Å². The van der Waals surface area contributed by atoms with Gasteiger partial charge >= 0.3 is 0 Å². The molecule has 108 valence electrons. The predicted octanol–water partition coefficient (Wildman–Crippen LogP) is 4.43. The van der Waals surface area contributed by atoms with Crippen LogP contribution in [0.25, 0.3) is 5.70 Å². The maximum atomic E-state index is 13.8. The summed E-state index contributed by atoms with van der Waals surface area (Å²) in [4.78, 5) is 0. The molecule has 2 nitrogen and oxygen atoms in total. The molecular formula is C18H18FNO. The summed E-state index contributed by atoms with van der Waals surface area (Å²) in [5, 5.41) is 3.20. The first kappa shape index (κ1) is 13.7. The summed E-state index contributed by atoms with van der Waals surface area (Å²) in [6.07, 6.45) is 4.18. The van der Waals surface area contributed by atoms with Gasteiger partial charge in [0.05, 0.1) is 0 Å². The molecule has 21 heavy (non-hydrogen) atoms. The van der Waals surface area contributed by atoms with Crippen molar-refractivity contribution in [1.82, 2.24) is 5.32 Å². The third-order valence-corrected chi connectivity index (χ3v) is 3.71. The van der Waals surface area contributed by atoms with Gasteiger partial charge in [-0.1, -0.05) is 12.1 Å². The second kappa shape index (κ2) is 5.60. The van der Waals surface area contributed by atoms with Crippen molar-refractivity contribution in [3.63, 3.8) is 0 Å². The van der Waals surface area contributed by atoms with Gasteiger partial charge in [0.25, 0.3) is 0 Å². The van der Waals surface area contributed by atoms with E-state index in [4.69, 9.17) is 4.74 Å². The van der Waals surface area contributed by atoms with Crippen molar-refractivity contribution in [2.45, 2.75) is 19.8 Å². The Morgan fingerprint density at radius 3 is 2.76 bits per heavy atom. The largest absolute Gasteiger partial charge is 0.454 e. The number of benzene rings is 2. The molecule has 2 aromatic carbocycles. The minimum Gasteiger partial charge on any atom is -0.454 e. The second-order valence-electron chi connectivity index (χ2n) is 5.26. The normalized spacial score (nSPS) is 13.4. The fraction of sp³-hybridized carbons (Fsp3) is 0.222. The van der Waals surface area contributed by atoms with Crippen molar-refractivity contribution in [2.75, 3.05) is 7.05 Å². The number of ether oxygens (including phenoxy) is 1. The van der Waals surface area contributed by atoms with Gasteiger partial charge in [-0.3, -0.25) is 0 Å². The highest BCUT2D eigenvalue weighted by Gasteiger charge is 2.13. The Hall–Kier alpha value is -2.29. The number of nitrogens with one attached hydrogen (secondary N) is 1. The lowest BCUT2D eigenvalue weighted by Gasteiger charge is -2.18. The summed E-state index contributed by atoms with van der Waals surface area (Å²) in [5.41, 5.74) is 4.45. The van der Waals surface area contributed by atoms with Crippen LogP contribution in [-0.2, 0) is 6.42 Å². The van der Waals surface area contributed by atoms with Crippen LogP contribution in [-0.4, -0.2) is 7.05 Å². The van der Waals surface area contributed by atoms with Crippen molar-refractivity contribution in [3.8, 4) is 11.5 Å². The van der Waals surface area contributed by atoms with E-state index in [-0.39, 0.29) is 11.6 Å². The highest BCUT2D eigenvalue weighted by molar-refractivity contribution is 5.69. The molecule has 0 aliphatic heterocycles. The Balaban J connectivity index is 1.89. The SMILES string of the molecule is CNC1=CCCc2cc(Oc3ccc(C)cc3F)ccc21.